The van der Waals surface area contributed by atoms with E-state index in [0.29, 0.717) is 5.58 Å². The molecule has 5 nitrogen and oxygen atoms in total. The summed E-state index contributed by atoms with van der Waals surface area (Å²) in [5.41, 5.74) is 2.61. The lowest BCUT2D eigenvalue weighted by atomic mass is 10.0. The highest BCUT2D eigenvalue weighted by Crippen LogP contribution is 2.28. The topological polar surface area (TPSA) is 47.1 Å². The van der Waals surface area contributed by atoms with Crippen molar-refractivity contribution in [2.75, 3.05) is 38.2 Å². The molecular weight excluding hydrogens is 376 g/mol. The van der Waals surface area contributed by atoms with Crippen molar-refractivity contribution in [3.8, 4) is 5.75 Å². The number of ether oxygens (including phenoxy) is 1. The van der Waals surface area contributed by atoms with Gasteiger partial charge in [0, 0.05) is 17.0 Å². The highest BCUT2D eigenvalue weighted by atomic mass is 16.5. The summed E-state index contributed by atoms with van der Waals surface area (Å²) in [7, 11) is 1.72. The third kappa shape index (κ3) is 3.42. The summed E-state index contributed by atoms with van der Waals surface area (Å²) in [6, 6.07) is 22.1. The molecule has 1 aliphatic heterocycles. The molecule has 0 unspecified atom stereocenters. The number of hydrogen-bond donors (Lipinski definition) is 1. The summed E-state index contributed by atoms with van der Waals surface area (Å²) in [5.74, 6) is 0.916. The van der Waals surface area contributed by atoms with Gasteiger partial charge in [0.15, 0.2) is 0 Å². The van der Waals surface area contributed by atoms with E-state index >= 15 is 0 Å². The minimum Gasteiger partial charge on any atom is -0.495 e. The Morgan fingerprint density at radius 2 is 1.77 bits per heavy atom. The third-order valence-electron chi connectivity index (χ3n) is 6.05. The monoisotopic (exact) mass is 401 g/mol. The van der Waals surface area contributed by atoms with E-state index in [1.165, 1.54) is 4.90 Å². The number of para-hydroxylation sites is 2. The molecule has 0 atom stereocenters. The zero-order chi connectivity index (χ0) is 20.5. The molecule has 0 saturated carbocycles. The molecule has 1 aromatic heterocycles. The molecule has 5 heteroatoms. The minimum atomic E-state index is -0.278. The number of piperazine rings is 1. The standard InChI is InChI=1S/C25H24N2O3/c1-29-22-9-5-4-8-21(22)27-14-12-26(13-15-27)17-19-16-24(28)30-23-11-10-18-6-2-3-7-20(18)25(19)23/h2-11,16H,12-15,17H2,1H3/p+1. The molecule has 1 N–H and O–H groups in total. The Morgan fingerprint density at radius 1 is 1.00 bits per heavy atom. The smallest absolute Gasteiger partial charge is 0.336 e. The predicted octanol–water partition coefficient (Wildman–Crippen LogP) is 2.86. The van der Waals surface area contributed by atoms with Crippen LogP contribution in [-0.2, 0) is 6.54 Å². The molecule has 0 radical (unpaired) electrons. The normalized spacial score (nSPS) is 15.0. The number of hydrogen-bond acceptors (Lipinski definition) is 4. The van der Waals surface area contributed by atoms with Gasteiger partial charge in [-0.2, -0.15) is 0 Å². The summed E-state index contributed by atoms with van der Waals surface area (Å²) >= 11 is 0. The summed E-state index contributed by atoms with van der Waals surface area (Å²) in [5, 5.41) is 3.37. The van der Waals surface area contributed by atoms with Crippen molar-refractivity contribution in [3.63, 3.8) is 0 Å². The summed E-state index contributed by atoms with van der Waals surface area (Å²) < 4.78 is 11.0. The molecule has 3 aromatic carbocycles. The van der Waals surface area contributed by atoms with Crippen LogP contribution in [0.25, 0.3) is 21.7 Å². The summed E-state index contributed by atoms with van der Waals surface area (Å²) in [4.78, 5) is 16.0. The number of rotatable bonds is 4. The number of nitrogens with one attached hydrogen (secondary N) is 1. The SMILES string of the molecule is COc1ccccc1N1CC[NH+](Cc2cc(=O)oc3ccc4ccccc4c23)CC1. The minimum absolute atomic E-state index is 0.278. The van der Waals surface area contributed by atoms with Gasteiger partial charge in [0.1, 0.15) is 17.9 Å². The Balaban J connectivity index is 1.42. The van der Waals surface area contributed by atoms with Gasteiger partial charge in [-0.3, -0.25) is 0 Å². The molecule has 2 heterocycles. The molecule has 1 saturated heterocycles. The van der Waals surface area contributed by atoms with Crippen LogP contribution in [0.2, 0.25) is 0 Å². The van der Waals surface area contributed by atoms with E-state index in [1.807, 2.05) is 36.4 Å². The van der Waals surface area contributed by atoms with Crippen molar-refractivity contribution >= 4 is 27.4 Å². The number of quaternary nitrogens is 1. The van der Waals surface area contributed by atoms with Crippen molar-refractivity contribution in [2.45, 2.75) is 6.54 Å². The highest BCUT2D eigenvalue weighted by molar-refractivity contribution is 6.06. The predicted molar refractivity (Wildman–Crippen MR) is 120 cm³/mol. The second-order valence-electron chi connectivity index (χ2n) is 7.84. The molecule has 4 aromatic rings. The summed E-state index contributed by atoms with van der Waals surface area (Å²) in [6.07, 6.45) is 0. The fourth-order valence-corrected chi connectivity index (χ4v) is 4.56. The fraction of sp³-hybridized carbons (Fsp3) is 0.240. The van der Waals surface area contributed by atoms with E-state index in [2.05, 4.69) is 29.2 Å². The van der Waals surface area contributed by atoms with Crippen LogP contribution in [0.3, 0.4) is 0 Å². The van der Waals surface area contributed by atoms with Crippen LogP contribution < -0.4 is 20.2 Å². The molecule has 0 spiro atoms. The number of anilines is 1. The lowest BCUT2D eigenvalue weighted by Gasteiger charge is -2.34. The zero-order valence-electron chi connectivity index (χ0n) is 17.1. The molecule has 5 rings (SSSR count). The first-order valence-electron chi connectivity index (χ1n) is 10.4. The van der Waals surface area contributed by atoms with E-state index in [1.54, 1.807) is 13.2 Å². The molecule has 1 fully saturated rings. The second-order valence-corrected chi connectivity index (χ2v) is 7.84. The number of fused-ring (bicyclic) bond motifs is 3. The average Bonchev–Trinajstić information content (AvgIpc) is 2.79. The van der Waals surface area contributed by atoms with E-state index in [4.69, 9.17) is 9.15 Å². The van der Waals surface area contributed by atoms with Crippen LogP contribution in [0.4, 0.5) is 5.69 Å². The van der Waals surface area contributed by atoms with Crippen molar-refractivity contribution in [1.29, 1.82) is 0 Å². The molecule has 30 heavy (non-hydrogen) atoms. The lowest BCUT2D eigenvalue weighted by molar-refractivity contribution is -0.914. The van der Waals surface area contributed by atoms with Gasteiger partial charge >= 0.3 is 5.63 Å². The van der Waals surface area contributed by atoms with Crippen molar-refractivity contribution in [1.82, 2.24) is 0 Å². The van der Waals surface area contributed by atoms with Crippen molar-refractivity contribution in [2.24, 2.45) is 0 Å². The van der Waals surface area contributed by atoms with Gasteiger partial charge in [0.2, 0.25) is 0 Å². The van der Waals surface area contributed by atoms with Crippen LogP contribution in [0.5, 0.6) is 5.75 Å². The van der Waals surface area contributed by atoms with Gasteiger partial charge in [-0.25, -0.2) is 4.79 Å². The highest BCUT2D eigenvalue weighted by Gasteiger charge is 2.23. The Morgan fingerprint density at radius 3 is 2.60 bits per heavy atom. The second kappa shape index (κ2) is 7.84. The van der Waals surface area contributed by atoms with Crippen LogP contribution >= 0.6 is 0 Å². The molecule has 0 bridgehead atoms. The number of nitrogens with zero attached hydrogens (tertiary/aromatic N) is 1. The van der Waals surface area contributed by atoms with E-state index in [0.717, 1.165) is 65.9 Å². The van der Waals surface area contributed by atoms with Gasteiger partial charge in [-0.1, -0.05) is 42.5 Å². The van der Waals surface area contributed by atoms with Gasteiger partial charge in [-0.05, 0) is 29.0 Å². The first kappa shape index (κ1) is 18.7. The molecule has 0 aliphatic carbocycles. The number of methoxy groups -OCH3 is 1. The molecular formula is C25H25N2O3+. The first-order chi connectivity index (χ1) is 14.7. The largest absolute Gasteiger partial charge is 0.495 e. The maximum atomic E-state index is 12.2. The van der Waals surface area contributed by atoms with Crippen LogP contribution in [-0.4, -0.2) is 33.3 Å². The average molecular weight is 401 g/mol. The van der Waals surface area contributed by atoms with Crippen LogP contribution in [0.15, 0.2) is 75.9 Å². The molecule has 152 valence electrons. The Kier molecular flexibility index (Phi) is 4.89. The van der Waals surface area contributed by atoms with Gasteiger partial charge in [0.05, 0.1) is 39.0 Å². The van der Waals surface area contributed by atoms with E-state index in [9.17, 15) is 4.79 Å². The third-order valence-corrected chi connectivity index (χ3v) is 6.05. The van der Waals surface area contributed by atoms with Crippen molar-refractivity contribution < 1.29 is 14.1 Å². The zero-order valence-corrected chi connectivity index (χ0v) is 17.1. The van der Waals surface area contributed by atoms with Crippen LogP contribution in [0.1, 0.15) is 5.56 Å². The van der Waals surface area contributed by atoms with E-state index in [-0.39, 0.29) is 5.63 Å². The molecule has 0 amide bonds. The molecule has 1 aliphatic rings. The van der Waals surface area contributed by atoms with Gasteiger partial charge in [0.25, 0.3) is 0 Å². The Hall–Kier alpha value is -3.31. The fourth-order valence-electron chi connectivity index (χ4n) is 4.56. The quantitative estimate of drug-likeness (QED) is 0.422. The Bertz CT molecular complexity index is 1260. The number of benzene rings is 3. The summed E-state index contributed by atoms with van der Waals surface area (Å²) in [6.45, 7) is 4.73. The van der Waals surface area contributed by atoms with Crippen molar-refractivity contribution in [3.05, 3.63) is 82.7 Å². The first-order valence-corrected chi connectivity index (χ1v) is 10.4. The van der Waals surface area contributed by atoms with E-state index < -0.39 is 0 Å². The van der Waals surface area contributed by atoms with Crippen LogP contribution in [0, 0.1) is 0 Å². The lowest BCUT2D eigenvalue weighted by Crippen LogP contribution is -3.13. The van der Waals surface area contributed by atoms with Gasteiger partial charge in [-0.15, -0.1) is 0 Å². The van der Waals surface area contributed by atoms with Gasteiger partial charge < -0.3 is 19.0 Å². The maximum Gasteiger partial charge on any atom is 0.336 e. The Labute approximate surface area is 175 Å². The maximum absolute atomic E-state index is 12.2.